The van der Waals surface area contributed by atoms with E-state index >= 15 is 0 Å². The van der Waals surface area contributed by atoms with Gasteiger partial charge in [-0.05, 0) is 35.0 Å². The van der Waals surface area contributed by atoms with Gasteiger partial charge in [0.25, 0.3) is 0 Å². The summed E-state index contributed by atoms with van der Waals surface area (Å²) in [5.74, 6) is -0.702. The van der Waals surface area contributed by atoms with Crippen molar-refractivity contribution in [3.05, 3.63) is 40.3 Å². The molecule has 82 valence electrons. The Bertz CT molecular complexity index is 551. The van der Waals surface area contributed by atoms with E-state index in [1.807, 2.05) is 0 Å². The summed E-state index contributed by atoms with van der Waals surface area (Å²) in [6.07, 6.45) is 3.24. The van der Waals surface area contributed by atoms with Crippen molar-refractivity contribution in [2.75, 3.05) is 0 Å². The number of hydrogen-bond acceptors (Lipinski definition) is 3. The largest absolute Gasteiger partial charge is 0.478 e. The van der Waals surface area contributed by atoms with Crippen molar-refractivity contribution in [1.29, 1.82) is 0 Å². The third kappa shape index (κ3) is 1.96. The van der Waals surface area contributed by atoms with E-state index in [2.05, 4.69) is 26.0 Å². The minimum Gasteiger partial charge on any atom is -0.478 e. The van der Waals surface area contributed by atoms with Crippen molar-refractivity contribution in [2.45, 2.75) is 6.92 Å². The Kier molecular flexibility index (Phi) is 2.74. The van der Waals surface area contributed by atoms with E-state index in [1.54, 1.807) is 25.4 Å². The first-order valence-corrected chi connectivity index (χ1v) is 5.28. The van der Waals surface area contributed by atoms with Gasteiger partial charge in [-0.3, -0.25) is 0 Å². The van der Waals surface area contributed by atoms with Gasteiger partial charge in [0.2, 0.25) is 0 Å². The molecule has 0 atom stereocenters. The summed E-state index contributed by atoms with van der Waals surface area (Å²) in [5.41, 5.74) is 0.868. The maximum absolute atomic E-state index is 11.0. The van der Waals surface area contributed by atoms with Gasteiger partial charge in [0.05, 0.1) is 10.7 Å². The van der Waals surface area contributed by atoms with Crippen LogP contribution in [0.3, 0.4) is 0 Å². The van der Waals surface area contributed by atoms with Crippen molar-refractivity contribution in [3.8, 4) is 5.82 Å². The van der Waals surface area contributed by atoms with Crippen LogP contribution in [0, 0.1) is 6.92 Å². The zero-order valence-electron chi connectivity index (χ0n) is 8.38. The highest BCUT2D eigenvalue weighted by molar-refractivity contribution is 9.10. The molecule has 16 heavy (non-hydrogen) atoms. The number of nitrogens with zero attached hydrogens (tertiary/aromatic N) is 3. The summed E-state index contributed by atoms with van der Waals surface area (Å²) in [6.45, 7) is 1.80. The number of halogens is 1. The monoisotopic (exact) mass is 281 g/mol. The van der Waals surface area contributed by atoms with Crippen LogP contribution in [0.5, 0.6) is 0 Å². The summed E-state index contributed by atoms with van der Waals surface area (Å²) >= 11 is 3.25. The number of carboxylic acids is 1. The molecule has 2 heterocycles. The highest BCUT2D eigenvalue weighted by atomic mass is 79.9. The van der Waals surface area contributed by atoms with Gasteiger partial charge in [-0.15, -0.1) is 0 Å². The smallest absolute Gasteiger partial charge is 0.339 e. The standard InChI is InChI=1S/C10H8BrN3O2/c1-6-2-3-8(10(15)16)9(13-6)14-5-7(11)4-12-14/h2-5H,1H3,(H,15,16). The Morgan fingerprint density at radius 1 is 1.50 bits per heavy atom. The van der Waals surface area contributed by atoms with Crippen molar-refractivity contribution in [1.82, 2.24) is 14.8 Å². The van der Waals surface area contributed by atoms with Crippen LogP contribution in [-0.2, 0) is 0 Å². The molecule has 0 bridgehead atoms. The number of hydrogen-bond donors (Lipinski definition) is 1. The van der Waals surface area contributed by atoms with Gasteiger partial charge < -0.3 is 5.11 Å². The van der Waals surface area contributed by atoms with Gasteiger partial charge in [0, 0.05) is 11.9 Å². The maximum atomic E-state index is 11.0. The molecule has 0 spiro atoms. The second-order valence-electron chi connectivity index (χ2n) is 3.23. The van der Waals surface area contributed by atoms with Crippen molar-refractivity contribution in [2.24, 2.45) is 0 Å². The van der Waals surface area contributed by atoms with Gasteiger partial charge in [-0.25, -0.2) is 14.5 Å². The third-order valence-corrected chi connectivity index (χ3v) is 2.42. The molecule has 1 N–H and O–H groups in total. The van der Waals surface area contributed by atoms with E-state index in [1.165, 1.54) is 10.7 Å². The fraction of sp³-hybridized carbons (Fsp3) is 0.100. The molecule has 0 saturated carbocycles. The molecule has 0 saturated heterocycles. The van der Waals surface area contributed by atoms with Crippen LogP contribution in [0.2, 0.25) is 0 Å². The Morgan fingerprint density at radius 3 is 2.81 bits per heavy atom. The molecule has 0 radical (unpaired) electrons. The van der Waals surface area contributed by atoms with Crippen LogP contribution in [0.4, 0.5) is 0 Å². The van der Waals surface area contributed by atoms with Gasteiger partial charge in [-0.1, -0.05) is 0 Å². The Balaban J connectivity index is 2.62. The number of rotatable bonds is 2. The SMILES string of the molecule is Cc1ccc(C(=O)O)c(-n2cc(Br)cn2)n1. The third-order valence-electron chi connectivity index (χ3n) is 2.01. The molecule has 0 fully saturated rings. The molecule has 0 unspecified atom stereocenters. The predicted octanol–water partition coefficient (Wildman–Crippen LogP) is 2.04. The van der Waals surface area contributed by atoms with Gasteiger partial charge in [-0.2, -0.15) is 5.10 Å². The minimum atomic E-state index is -1.02. The van der Waals surface area contributed by atoms with E-state index in [0.29, 0.717) is 5.82 Å². The molecule has 5 nitrogen and oxygen atoms in total. The minimum absolute atomic E-state index is 0.126. The molecule has 0 aliphatic carbocycles. The van der Waals surface area contributed by atoms with Crippen molar-refractivity contribution >= 4 is 21.9 Å². The van der Waals surface area contributed by atoms with Crippen LogP contribution in [0.25, 0.3) is 5.82 Å². The fourth-order valence-electron chi connectivity index (χ4n) is 1.30. The summed E-state index contributed by atoms with van der Waals surface area (Å²) in [7, 11) is 0. The molecular formula is C10H8BrN3O2. The van der Waals surface area contributed by atoms with E-state index < -0.39 is 5.97 Å². The van der Waals surface area contributed by atoms with Crippen LogP contribution >= 0.6 is 15.9 Å². The molecule has 2 aromatic rings. The summed E-state index contributed by atoms with van der Waals surface area (Å²) < 4.78 is 2.20. The molecule has 0 aromatic carbocycles. The average Bonchev–Trinajstić information content (AvgIpc) is 2.64. The fourth-order valence-corrected chi connectivity index (χ4v) is 1.59. The molecular weight excluding hydrogens is 274 g/mol. The molecule has 0 aliphatic rings. The molecule has 6 heteroatoms. The first kappa shape index (κ1) is 10.8. The Hall–Kier alpha value is -1.69. The quantitative estimate of drug-likeness (QED) is 0.915. The van der Waals surface area contributed by atoms with Crippen LogP contribution in [-0.4, -0.2) is 25.8 Å². The Morgan fingerprint density at radius 2 is 2.25 bits per heavy atom. The molecule has 2 rings (SSSR count). The Labute approximate surface area is 99.9 Å². The number of aryl methyl sites for hydroxylation is 1. The highest BCUT2D eigenvalue weighted by Crippen LogP contribution is 2.15. The second-order valence-corrected chi connectivity index (χ2v) is 4.15. The van der Waals surface area contributed by atoms with Crippen molar-refractivity contribution < 1.29 is 9.90 Å². The number of carbonyl (C=O) groups is 1. The molecule has 2 aromatic heterocycles. The normalized spacial score (nSPS) is 10.4. The predicted molar refractivity (Wildman–Crippen MR) is 60.8 cm³/mol. The van der Waals surface area contributed by atoms with E-state index in [9.17, 15) is 4.79 Å². The summed E-state index contributed by atoms with van der Waals surface area (Å²) in [6, 6.07) is 3.18. The second kappa shape index (κ2) is 4.05. The first-order valence-electron chi connectivity index (χ1n) is 4.49. The average molecular weight is 282 g/mol. The lowest BCUT2D eigenvalue weighted by Crippen LogP contribution is -2.08. The van der Waals surface area contributed by atoms with E-state index in [-0.39, 0.29) is 5.56 Å². The van der Waals surface area contributed by atoms with Gasteiger partial charge in [0.15, 0.2) is 5.82 Å². The molecule has 0 amide bonds. The van der Waals surface area contributed by atoms with Crippen LogP contribution in [0.1, 0.15) is 16.1 Å². The number of aromatic carboxylic acids is 1. The lowest BCUT2D eigenvalue weighted by atomic mass is 10.2. The molecule has 0 aliphatic heterocycles. The highest BCUT2D eigenvalue weighted by Gasteiger charge is 2.13. The number of aromatic nitrogens is 3. The van der Waals surface area contributed by atoms with Gasteiger partial charge in [0.1, 0.15) is 5.56 Å². The maximum Gasteiger partial charge on any atom is 0.339 e. The van der Waals surface area contributed by atoms with Crippen LogP contribution in [0.15, 0.2) is 29.0 Å². The van der Waals surface area contributed by atoms with Crippen molar-refractivity contribution in [3.63, 3.8) is 0 Å². The zero-order valence-corrected chi connectivity index (χ0v) is 9.97. The topological polar surface area (TPSA) is 68.0 Å². The van der Waals surface area contributed by atoms with Crippen LogP contribution < -0.4 is 0 Å². The first-order chi connectivity index (χ1) is 7.58. The number of carboxylic acid groups (broad SMARTS) is 1. The lowest BCUT2D eigenvalue weighted by molar-refractivity contribution is 0.0696. The van der Waals surface area contributed by atoms with Gasteiger partial charge >= 0.3 is 5.97 Å². The summed E-state index contributed by atoms with van der Waals surface area (Å²) in [5, 5.41) is 13.0. The van der Waals surface area contributed by atoms with E-state index in [0.717, 1.165) is 10.2 Å². The van der Waals surface area contributed by atoms with E-state index in [4.69, 9.17) is 5.11 Å². The number of pyridine rings is 1. The summed E-state index contributed by atoms with van der Waals surface area (Å²) in [4.78, 5) is 15.2. The lowest BCUT2D eigenvalue weighted by Gasteiger charge is -2.05. The zero-order chi connectivity index (χ0) is 11.7.